The molecule has 1 fully saturated rings. The van der Waals surface area contributed by atoms with Crippen molar-refractivity contribution in [1.29, 1.82) is 0 Å². The van der Waals surface area contributed by atoms with Crippen LogP contribution in [0.4, 0.5) is 15.8 Å². The second-order valence-electron chi connectivity index (χ2n) is 4.64. The second kappa shape index (κ2) is 4.24. The fraction of sp³-hybridized carbons (Fsp3) is 0.417. The molecule has 1 aromatic carbocycles. The van der Waals surface area contributed by atoms with Crippen LogP contribution in [0.3, 0.4) is 0 Å². The van der Waals surface area contributed by atoms with Crippen molar-refractivity contribution in [3.8, 4) is 0 Å². The summed E-state index contributed by atoms with van der Waals surface area (Å²) in [6.45, 7) is 2.13. The molecule has 2 rings (SSSR count). The summed E-state index contributed by atoms with van der Waals surface area (Å²) in [4.78, 5) is 10.9. The summed E-state index contributed by atoms with van der Waals surface area (Å²) >= 11 is 0. The van der Waals surface area contributed by atoms with Gasteiger partial charge in [-0.2, -0.15) is 0 Å². The van der Waals surface area contributed by atoms with Gasteiger partial charge in [-0.25, -0.2) is 9.18 Å². The highest BCUT2D eigenvalue weighted by molar-refractivity contribution is 5.94. The molecule has 4 nitrogen and oxygen atoms in total. The maximum absolute atomic E-state index is 13.6. The summed E-state index contributed by atoms with van der Waals surface area (Å²) in [7, 11) is 0. The number of halogens is 1. The van der Waals surface area contributed by atoms with E-state index >= 15 is 0 Å². The molecule has 0 amide bonds. The molecule has 0 heterocycles. The molecular weight excluding hydrogens is 223 g/mol. The minimum atomic E-state index is -1.15. The van der Waals surface area contributed by atoms with Gasteiger partial charge in [0.2, 0.25) is 0 Å². The number of carboxylic acids is 1. The summed E-state index contributed by atoms with van der Waals surface area (Å²) in [5, 5.41) is 11.9. The normalized spacial score (nSPS) is 22.9. The predicted molar refractivity (Wildman–Crippen MR) is 63.6 cm³/mol. The maximum Gasteiger partial charge on any atom is 0.337 e. The number of aromatic carboxylic acids is 1. The van der Waals surface area contributed by atoms with Gasteiger partial charge in [-0.3, -0.25) is 0 Å². The van der Waals surface area contributed by atoms with Crippen LogP contribution >= 0.6 is 0 Å². The lowest BCUT2D eigenvalue weighted by molar-refractivity contribution is 0.0698. The summed E-state index contributed by atoms with van der Waals surface area (Å²) in [5.41, 5.74) is 5.54. The van der Waals surface area contributed by atoms with E-state index in [1.807, 2.05) is 0 Å². The van der Waals surface area contributed by atoms with Gasteiger partial charge in [0.15, 0.2) is 0 Å². The van der Waals surface area contributed by atoms with Crippen LogP contribution < -0.4 is 11.1 Å². The van der Waals surface area contributed by atoms with Crippen LogP contribution in [-0.2, 0) is 0 Å². The zero-order chi connectivity index (χ0) is 12.6. The molecule has 0 aliphatic heterocycles. The molecule has 0 bridgehead atoms. The molecule has 1 aromatic rings. The highest BCUT2D eigenvalue weighted by Gasteiger charge is 2.26. The van der Waals surface area contributed by atoms with Gasteiger partial charge in [0.05, 0.1) is 11.3 Å². The van der Waals surface area contributed by atoms with E-state index < -0.39 is 11.8 Å². The quantitative estimate of drug-likeness (QED) is 0.706. The molecule has 0 unspecified atom stereocenters. The lowest BCUT2D eigenvalue weighted by atomic mass is 9.82. The molecule has 1 aliphatic carbocycles. The van der Waals surface area contributed by atoms with Gasteiger partial charge in [-0.15, -0.1) is 0 Å². The fourth-order valence-corrected chi connectivity index (χ4v) is 2.12. The minimum Gasteiger partial charge on any atom is -0.478 e. The van der Waals surface area contributed by atoms with Crippen molar-refractivity contribution in [2.24, 2.45) is 5.92 Å². The van der Waals surface area contributed by atoms with Gasteiger partial charge < -0.3 is 16.2 Å². The van der Waals surface area contributed by atoms with Crippen LogP contribution in [0, 0.1) is 11.7 Å². The molecular formula is C12H15FN2O2. The first-order chi connectivity index (χ1) is 7.97. The number of carboxylic acid groups (broad SMARTS) is 1. The fourth-order valence-electron chi connectivity index (χ4n) is 2.12. The van der Waals surface area contributed by atoms with E-state index in [1.165, 1.54) is 6.07 Å². The van der Waals surface area contributed by atoms with Crippen LogP contribution in [0.1, 0.15) is 30.1 Å². The topological polar surface area (TPSA) is 75.3 Å². The first kappa shape index (κ1) is 11.7. The Hall–Kier alpha value is -1.78. The van der Waals surface area contributed by atoms with Crippen LogP contribution in [0.2, 0.25) is 0 Å². The molecule has 0 spiro atoms. The van der Waals surface area contributed by atoms with Crippen molar-refractivity contribution in [1.82, 2.24) is 0 Å². The van der Waals surface area contributed by atoms with Crippen molar-refractivity contribution in [2.45, 2.75) is 25.8 Å². The van der Waals surface area contributed by atoms with Crippen molar-refractivity contribution >= 4 is 17.3 Å². The minimum absolute atomic E-state index is 0.0532. The van der Waals surface area contributed by atoms with E-state index in [2.05, 4.69) is 12.2 Å². The molecule has 0 atom stereocenters. The maximum atomic E-state index is 13.6. The average molecular weight is 238 g/mol. The van der Waals surface area contributed by atoms with Gasteiger partial charge in [0.25, 0.3) is 0 Å². The molecule has 0 radical (unpaired) electrons. The number of nitrogen functional groups attached to an aromatic ring is 1. The number of benzene rings is 1. The Morgan fingerprint density at radius 2 is 2.18 bits per heavy atom. The molecule has 4 N–H and O–H groups in total. The number of nitrogens with one attached hydrogen (secondary N) is 1. The van der Waals surface area contributed by atoms with Gasteiger partial charge in [-0.05, 0) is 30.9 Å². The predicted octanol–water partition coefficient (Wildman–Crippen LogP) is 2.32. The Morgan fingerprint density at radius 3 is 2.71 bits per heavy atom. The van der Waals surface area contributed by atoms with E-state index in [0.29, 0.717) is 5.92 Å². The summed E-state index contributed by atoms with van der Waals surface area (Å²) in [6, 6.07) is 2.54. The lowest BCUT2D eigenvalue weighted by Gasteiger charge is -2.34. The zero-order valence-corrected chi connectivity index (χ0v) is 9.53. The molecule has 17 heavy (non-hydrogen) atoms. The van der Waals surface area contributed by atoms with Crippen molar-refractivity contribution < 1.29 is 14.3 Å². The van der Waals surface area contributed by atoms with Crippen molar-refractivity contribution in [3.05, 3.63) is 23.5 Å². The SMILES string of the molecule is CC1CC(Nc2cc(C(=O)O)c(N)cc2F)C1. The number of anilines is 2. The summed E-state index contributed by atoms with van der Waals surface area (Å²) in [6.07, 6.45) is 1.96. The number of rotatable bonds is 3. The van der Waals surface area contributed by atoms with Gasteiger partial charge in [0, 0.05) is 11.7 Å². The van der Waals surface area contributed by atoms with Gasteiger partial charge in [-0.1, -0.05) is 6.92 Å². The van der Waals surface area contributed by atoms with Crippen LogP contribution in [0.5, 0.6) is 0 Å². The highest BCUT2D eigenvalue weighted by atomic mass is 19.1. The molecule has 1 aliphatic rings. The number of nitrogens with two attached hydrogens (primary N) is 1. The van der Waals surface area contributed by atoms with Crippen molar-refractivity contribution in [2.75, 3.05) is 11.1 Å². The van der Waals surface area contributed by atoms with E-state index in [9.17, 15) is 9.18 Å². The third kappa shape index (κ3) is 2.33. The number of hydrogen-bond donors (Lipinski definition) is 3. The molecule has 0 aromatic heterocycles. The number of hydrogen-bond acceptors (Lipinski definition) is 3. The Morgan fingerprint density at radius 1 is 1.53 bits per heavy atom. The Bertz CT molecular complexity index is 456. The highest BCUT2D eigenvalue weighted by Crippen LogP contribution is 2.31. The van der Waals surface area contributed by atoms with Crippen LogP contribution in [-0.4, -0.2) is 17.1 Å². The Balaban J connectivity index is 2.21. The Labute approximate surface area is 98.6 Å². The Kier molecular flexibility index (Phi) is 2.92. The lowest BCUT2D eigenvalue weighted by Crippen LogP contribution is -2.34. The first-order valence-corrected chi connectivity index (χ1v) is 5.56. The van der Waals surface area contributed by atoms with E-state index in [4.69, 9.17) is 10.8 Å². The third-order valence-corrected chi connectivity index (χ3v) is 3.10. The zero-order valence-electron chi connectivity index (χ0n) is 9.53. The molecule has 5 heteroatoms. The van der Waals surface area contributed by atoms with E-state index in [1.54, 1.807) is 0 Å². The van der Waals surface area contributed by atoms with Crippen molar-refractivity contribution in [3.63, 3.8) is 0 Å². The largest absolute Gasteiger partial charge is 0.478 e. The first-order valence-electron chi connectivity index (χ1n) is 5.56. The second-order valence-corrected chi connectivity index (χ2v) is 4.64. The monoisotopic (exact) mass is 238 g/mol. The summed E-state index contributed by atoms with van der Waals surface area (Å²) in [5.74, 6) is -1.01. The number of carbonyl (C=O) groups is 1. The van der Waals surface area contributed by atoms with E-state index in [-0.39, 0.29) is 23.0 Å². The molecule has 1 saturated carbocycles. The molecule has 92 valence electrons. The third-order valence-electron chi connectivity index (χ3n) is 3.10. The molecule has 0 saturated heterocycles. The smallest absolute Gasteiger partial charge is 0.337 e. The van der Waals surface area contributed by atoms with Gasteiger partial charge >= 0.3 is 5.97 Å². The summed E-state index contributed by atoms with van der Waals surface area (Å²) < 4.78 is 13.6. The van der Waals surface area contributed by atoms with Crippen LogP contribution in [0.15, 0.2) is 12.1 Å². The van der Waals surface area contributed by atoms with Gasteiger partial charge in [0.1, 0.15) is 5.82 Å². The van der Waals surface area contributed by atoms with E-state index in [0.717, 1.165) is 18.9 Å². The van der Waals surface area contributed by atoms with Crippen LogP contribution in [0.25, 0.3) is 0 Å². The average Bonchev–Trinajstić information content (AvgIpc) is 2.18. The standard InChI is InChI=1S/C12H15FN2O2/c1-6-2-7(3-6)15-11-4-8(12(16)17)10(14)5-9(11)13/h4-7,15H,2-3,14H2,1H3,(H,16,17).